The molecule has 0 radical (unpaired) electrons. The molecule has 0 spiro atoms. The Labute approximate surface area is 184 Å². The number of pyridine rings is 1. The minimum absolute atomic E-state index is 0.0549. The number of benzene rings is 1. The number of hydrogen-bond donors (Lipinski definition) is 1. The Morgan fingerprint density at radius 3 is 2.62 bits per heavy atom. The van der Waals surface area contributed by atoms with Crippen LogP contribution in [0.3, 0.4) is 0 Å². The molecule has 32 heavy (non-hydrogen) atoms. The van der Waals surface area contributed by atoms with Crippen LogP contribution in [0.15, 0.2) is 30.5 Å². The minimum Gasteiger partial charge on any atom is -0.495 e. The van der Waals surface area contributed by atoms with Gasteiger partial charge < -0.3 is 14.7 Å². The first-order valence-corrected chi connectivity index (χ1v) is 10.7. The summed E-state index contributed by atoms with van der Waals surface area (Å²) in [6.07, 6.45) is -2.86. The van der Waals surface area contributed by atoms with E-state index in [9.17, 15) is 18.0 Å². The number of fused-ring (bicyclic) bond motifs is 1. The van der Waals surface area contributed by atoms with Gasteiger partial charge in [-0.2, -0.15) is 13.2 Å². The van der Waals surface area contributed by atoms with Crippen LogP contribution in [0, 0.1) is 5.92 Å². The number of ether oxygens (including phenoxy) is 1. The van der Waals surface area contributed by atoms with Crippen molar-refractivity contribution in [3.63, 3.8) is 0 Å². The van der Waals surface area contributed by atoms with Crippen LogP contribution in [0.25, 0.3) is 0 Å². The predicted molar refractivity (Wildman–Crippen MR) is 113 cm³/mol. The van der Waals surface area contributed by atoms with Gasteiger partial charge in [0.25, 0.3) is 0 Å². The summed E-state index contributed by atoms with van der Waals surface area (Å²) in [5.74, 6) is -0.166. The van der Waals surface area contributed by atoms with Crippen LogP contribution in [0.1, 0.15) is 27.2 Å². The van der Waals surface area contributed by atoms with Gasteiger partial charge in [-0.3, -0.25) is 14.7 Å². The summed E-state index contributed by atoms with van der Waals surface area (Å²) in [7, 11) is 1.55. The van der Waals surface area contributed by atoms with Gasteiger partial charge >= 0.3 is 6.18 Å². The lowest BCUT2D eigenvalue weighted by molar-refractivity contribution is -0.138. The second kappa shape index (κ2) is 9.07. The Morgan fingerprint density at radius 2 is 1.97 bits per heavy atom. The van der Waals surface area contributed by atoms with E-state index >= 15 is 0 Å². The molecule has 1 N–H and O–H groups in total. The van der Waals surface area contributed by atoms with Gasteiger partial charge in [-0.05, 0) is 36.2 Å². The first-order valence-electron chi connectivity index (χ1n) is 10.7. The summed E-state index contributed by atoms with van der Waals surface area (Å²) in [5.41, 5.74) is 1.34. The van der Waals surface area contributed by atoms with Gasteiger partial charge in [-0.25, -0.2) is 0 Å². The average molecular weight is 449 g/mol. The van der Waals surface area contributed by atoms with Crippen molar-refractivity contribution in [1.29, 1.82) is 0 Å². The lowest BCUT2D eigenvalue weighted by atomic mass is 9.96. The molecular weight excluding hydrogens is 423 g/mol. The number of carbonyl (C=O) groups is 1. The van der Waals surface area contributed by atoms with Crippen molar-refractivity contribution >= 4 is 11.5 Å². The molecule has 1 aromatic carbocycles. The molecule has 0 saturated carbocycles. The number of aliphatic hydroxyl groups is 1. The SMILES string of the molecule is COc1cc2c(cc1N1CCN(CCO)CC1)CC(Cc1ncccc1C(F)(F)F)C2=O. The molecule has 1 aliphatic heterocycles. The number of aromatic nitrogens is 1. The van der Waals surface area contributed by atoms with E-state index < -0.39 is 17.7 Å². The third-order valence-corrected chi connectivity index (χ3v) is 6.27. The van der Waals surface area contributed by atoms with Gasteiger partial charge in [0.1, 0.15) is 5.75 Å². The molecule has 6 nitrogen and oxygen atoms in total. The van der Waals surface area contributed by atoms with E-state index in [2.05, 4.69) is 14.8 Å². The maximum Gasteiger partial charge on any atom is 0.418 e. The molecule has 1 aromatic heterocycles. The van der Waals surface area contributed by atoms with Gasteiger partial charge in [0.2, 0.25) is 0 Å². The molecule has 2 heterocycles. The molecule has 2 aromatic rings. The second-order valence-corrected chi connectivity index (χ2v) is 8.20. The van der Waals surface area contributed by atoms with Crippen LogP contribution in [0.2, 0.25) is 0 Å². The lowest BCUT2D eigenvalue weighted by Gasteiger charge is -2.36. The average Bonchev–Trinajstić information content (AvgIpc) is 3.07. The van der Waals surface area contributed by atoms with E-state index in [0.29, 0.717) is 24.3 Å². The van der Waals surface area contributed by atoms with Crippen molar-refractivity contribution in [3.8, 4) is 5.75 Å². The van der Waals surface area contributed by atoms with E-state index in [0.717, 1.165) is 43.5 Å². The first-order chi connectivity index (χ1) is 15.3. The highest BCUT2D eigenvalue weighted by Crippen LogP contribution is 2.39. The number of alkyl halides is 3. The summed E-state index contributed by atoms with van der Waals surface area (Å²) in [4.78, 5) is 21.3. The number of ketones is 1. The molecule has 172 valence electrons. The van der Waals surface area contributed by atoms with Crippen molar-refractivity contribution in [3.05, 3.63) is 52.8 Å². The number of methoxy groups -OCH3 is 1. The molecule has 0 bridgehead atoms. The van der Waals surface area contributed by atoms with Gasteiger partial charge in [-0.1, -0.05) is 0 Å². The molecule has 1 atom stereocenters. The summed E-state index contributed by atoms with van der Waals surface area (Å²) in [6.45, 7) is 3.89. The standard InChI is InChI=1S/C23H26F3N3O3/c1-32-21-14-17-15(13-20(21)29-7-5-28(6-8-29)9-10-30)11-16(22(17)31)12-19-18(23(24,25)26)3-2-4-27-19/h2-4,13-14,16,30H,5-12H2,1H3. The third kappa shape index (κ3) is 4.45. The number of Topliss-reactive ketones (excluding diaryl/α,β-unsaturated/α-hetero) is 1. The lowest BCUT2D eigenvalue weighted by Crippen LogP contribution is -2.47. The fourth-order valence-electron chi connectivity index (χ4n) is 4.61. The largest absolute Gasteiger partial charge is 0.495 e. The fraction of sp³-hybridized carbons (Fsp3) is 0.478. The number of nitrogens with zero attached hydrogens (tertiary/aromatic N) is 3. The highest BCUT2D eigenvalue weighted by Gasteiger charge is 2.38. The van der Waals surface area contributed by atoms with Crippen LogP contribution >= 0.6 is 0 Å². The third-order valence-electron chi connectivity index (χ3n) is 6.27. The number of anilines is 1. The molecule has 4 rings (SSSR count). The summed E-state index contributed by atoms with van der Waals surface area (Å²) < 4.78 is 45.6. The number of piperazine rings is 1. The van der Waals surface area contributed by atoms with Crippen molar-refractivity contribution < 1.29 is 27.8 Å². The quantitative estimate of drug-likeness (QED) is 0.732. The van der Waals surface area contributed by atoms with Gasteiger partial charge in [0, 0.05) is 56.8 Å². The van der Waals surface area contributed by atoms with Crippen LogP contribution in [0.5, 0.6) is 5.75 Å². The Morgan fingerprint density at radius 1 is 1.22 bits per heavy atom. The summed E-state index contributed by atoms with van der Waals surface area (Å²) in [6, 6.07) is 5.93. The second-order valence-electron chi connectivity index (χ2n) is 8.20. The van der Waals surface area contributed by atoms with E-state index in [1.54, 1.807) is 13.2 Å². The van der Waals surface area contributed by atoms with Crippen LogP contribution in [0.4, 0.5) is 18.9 Å². The molecule has 9 heteroatoms. The predicted octanol–water partition coefficient (Wildman–Crippen LogP) is 2.82. The Bertz CT molecular complexity index is 988. The monoisotopic (exact) mass is 449 g/mol. The van der Waals surface area contributed by atoms with Gasteiger partial charge in [0.15, 0.2) is 5.78 Å². The van der Waals surface area contributed by atoms with Crippen LogP contribution in [-0.2, 0) is 19.0 Å². The molecule has 2 aliphatic rings. The molecule has 0 amide bonds. The Hall–Kier alpha value is -2.65. The topological polar surface area (TPSA) is 65.9 Å². The molecule has 1 saturated heterocycles. The number of halogens is 3. The normalized spacial score (nSPS) is 19.3. The Balaban J connectivity index is 1.56. The fourth-order valence-corrected chi connectivity index (χ4v) is 4.61. The van der Waals surface area contributed by atoms with E-state index in [1.165, 1.54) is 12.3 Å². The molecule has 1 unspecified atom stereocenters. The minimum atomic E-state index is -4.51. The zero-order valence-corrected chi connectivity index (χ0v) is 17.9. The summed E-state index contributed by atoms with van der Waals surface area (Å²) in [5, 5.41) is 9.13. The number of hydrogen-bond acceptors (Lipinski definition) is 6. The Kier molecular flexibility index (Phi) is 6.39. The van der Waals surface area contributed by atoms with Crippen molar-refractivity contribution in [2.24, 2.45) is 5.92 Å². The maximum atomic E-state index is 13.4. The van der Waals surface area contributed by atoms with Crippen LogP contribution < -0.4 is 9.64 Å². The molecule has 1 aliphatic carbocycles. The zero-order valence-electron chi connectivity index (χ0n) is 17.9. The molecular formula is C23H26F3N3O3. The highest BCUT2D eigenvalue weighted by molar-refractivity contribution is 6.03. The maximum absolute atomic E-state index is 13.4. The van der Waals surface area contributed by atoms with E-state index in [1.807, 2.05) is 6.07 Å². The molecule has 1 fully saturated rings. The number of carbonyl (C=O) groups excluding carboxylic acids is 1. The smallest absolute Gasteiger partial charge is 0.418 e. The zero-order chi connectivity index (χ0) is 22.9. The van der Waals surface area contributed by atoms with E-state index in [4.69, 9.17) is 9.84 Å². The highest BCUT2D eigenvalue weighted by atomic mass is 19.4. The number of rotatable bonds is 6. The van der Waals surface area contributed by atoms with E-state index in [-0.39, 0.29) is 24.5 Å². The number of aliphatic hydroxyl groups excluding tert-OH is 1. The summed E-state index contributed by atoms with van der Waals surface area (Å²) >= 11 is 0. The van der Waals surface area contributed by atoms with Crippen molar-refractivity contribution in [2.75, 3.05) is 51.3 Å². The first kappa shape index (κ1) is 22.5. The number of β-amino-alcohol motifs (C(OH)–C–C–N with tert-alkyl or cyclic N) is 1. The van der Waals surface area contributed by atoms with Gasteiger partial charge in [-0.15, -0.1) is 0 Å². The van der Waals surface area contributed by atoms with Crippen molar-refractivity contribution in [2.45, 2.75) is 19.0 Å². The van der Waals surface area contributed by atoms with Crippen molar-refractivity contribution in [1.82, 2.24) is 9.88 Å². The van der Waals surface area contributed by atoms with Gasteiger partial charge in [0.05, 0.1) is 30.7 Å². The van der Waals surface area contributed by atoms with Crippen LogP contribution in [-0.4, -0.2) is 67.2 Å².